The first-order valence-electron chi connectivity index (χ1n) is 5.25. The number of rotatable bonds is 2. The molecule has 5 heteroatoms. The van der Waals surface area contributed by atoms with Crippen LogP contribution in [0.4, 0.5) is 0 Å². The molecule has 0 aromatic carbocycles. The van der Waals surface area contributed by atoms with E-state index in [1.54, 1.807) is 0 Å². The number of ether oxygens (including phenoxy) is 1. The Morgan fingerprint density at radius 3 is 3.12 bits per heavy atom. The van der Waals surface area contributed by atoms with Crippen LogP contribution in [0.25, 0.3) is 0 Å². The lowest BCUT2D eigenvalue weighted by atomic mass is 10.2. The van der Waals surface area contributed by atoms with Gasteiger partial charge in [0, 0.05) is 18.4 Å². The Labute approximate surface area is 108 Å². The minimum absolute atomic E-state index is 0.104. The summed E-state index contributed by atoms with van der Waals surface area (Å²) in [5.41, 5.74) is 0. The highest BCUT2D eigenvalue weighted by Gasteiger charge is 2.28. The van der Waals surface area contributed by atoms with E-state index >= 15 is 0 Å². The topological polar surface area (TPSA) is 29.5 Å². The first kappa shape index (κ1) is 12.1. The van der Waals surface area contributed by atoms with E-state index in [9.17, 15) is 4.79 Å². The number of hydrogen-bond donors (Lipinski definition) is 0. The number of halogens is 1. The Balaban J connectivity index is 2.06. The number of carbonyl (C=O) groups is 1. The monoisotopic (exact) mass is 303 g/mol. The highest BCUT2D eigenvalue weighted by Crippen LogP contribution is 2.18. The third-order valence-corrected chi connectivity index (χ3v) is 4.10. The molecule has 2 atom stereocenters. The highest BCUT2D eigenvalue weighted by molar-refractivity contribution is 9.09. The number of carbonyl (C=O) groups excluding carboxylic acids is 1. The second-order valence-corrected chi connectivity index (χ2v) is 5.51. The van der Waals surface area contributed by atoms with Gasteiger partial charge >= 0.3 is 0 Å². The average molecular weight is 304 g/mol. The molecule has 2 rings (SSSR count). The molecule has 1 aliphatic heterocycles. The largest absolute Gasteiger partial charge is 0.371 e. The van der Waals surface area contributed by atoms with Gasteiger partial charge in [-0.3, -0.25) is 4.79 Å². The SMILES string of the molecule is CC1CN(C(=O)c2cccs2)CC(CBr)O1. The van der Waals surface area contributed by atoms with E-state index in [0.29, 0.717) is 13.1 Å². The molecule has 1 aromatic rings. The smallest absolute Gasteiger partial charge is 0.264 e. The van der Waals surface area contributed by atoms with Crippen LogP contribution in [0.3, 0.4) is 0 Å². The van der Waals surface area contributed by atoms with Crippen molar-refractivity contribution in [3.05, 3.63) is 22.4 Å². The van der Waals surface area contributed by atoms with Crippen molar-refractivity contribution in [2.45, 2.75) is 19.1 Å². The van der Waals surface area contributed by atoms with Gasteiger partial charge in [0.1, 0.15) is 0 Å². The maximum Gasteiger partial charge on any atom is 0.264 e. The number of thiophene rings is 1. The van der Waals surface area contributed by atoms with Crippen molar-refractivity contribution in [1.82, 2.24) is 4.90 Å². The van der Waals surface area contributed by atoms with Gasteiger partial charge < -0.3 is 9.64 Å². The second kappa shape index (κ2) is 5.29. The molecule has 0 radical (unpaired) electrons. The van der Waals surface area contributed by atoms with Gasteiger partial charge in [0.25, 0.3) is 5.91 Å². The highest BCUT2D eigenvalue weighted by atomic mass is 79.9. The number of hydrogen-bond acceptors (Lipinski definition) is 3. The number of nitrogens with zero attached hydrogens (tertiary/aromatic N) is 1. The summed E-state index contributed by atoms with van der Waals surface area (Å²) >= 11 is 4.89. The molecule has 0 aliphatic carbocycles. The molecule has 0 N–H and O–H groups in total. The van der Waals surface area contributed by atoms with Gasteiger partial charge in [0.15, 0.2) is 0 Å². The Morgan fingerprint density at radius 1 is 1.69 bits per heavy atom. The molecule has 0 bridgehead atoms. The first-order valence-corrected chi connectivity index (χ1v) is 7.25. The van der Waals surface area contributed by atoms with Crippen LogP contribution in [-0.2, 0) is 4.74 Å². The van der Waals surface area contributed by atoms with Gasteiger partial charge in [0.05, 0.1) is 17.1 Å². The molecule has 0 saturated carbocycles. The van der Waals surface area contributed by atoms with Crippen LogP contribution in [0, 0.1) is 0 Å². The molecule has 88 valence electrons. The Kier molecular flexibility index (Phi) is 4.00. The van der Waals surface area contributed by atoms with E-state index in [4.69, 9.17) is 4.74 Å². The first-order chi connectivity index (χ1) is 7.70. The average Bonchev–Trinajstić information content (AvgIpc) is 2.80. The molecule has 3 nitrogen and oxygen atoms in total. The van der Waals surface area contributed by atoms with Gasteiger partial charge in [-0.1, -0.05) is 22.0 Å². The van der Waals surface area contributed by atoms with E-state index in [-0.39, 0.29) is 18.1 Å². The quantitative estimate of drug-likeness (QED) is 0.785. The summed E-state index contributed by atoms with van der Waals surface area (Å²) in [7, 11) is 0. The van der Waals surface area contributed by atoms with Crippen molar-refractivity contribution < 1.29 is 9.53 Å². The molecule has 1 amide bonds. The fourth-order valence-corrected chi connectivity index (χ4v) is 2.90. The van der Waals surface area contributed by atoms with Crippen LogP contribution in [0.1, 0.15) is 16.6 Å². The van der Waals surface area contributed by atoms with E-state index in [0.717, 1.165) is 10.2 Å². The van der Waals surface area contributed by atoms with Gasteiger partial charge in [-0.05, 0) is 18.4 Å². The lowest BCUT2D eigenvalue weighted by molar-refractivity contribution is -0.0558. The minimum atomic E-state index is 0.104. The summed E-state index contributed by atoms with van der Waals surface area (Å²) in [6, 6.07) is 3.78. The maximum atomic E-state index is 12.1. The van der Waals surface area contributed by atoms with Crippen molar-refractivity contribution in [1.29, 1.82) is 0 Å². The Morgan fingerprint density at radius 2 is 2.50 bits per heavy atom. The summed E-state index contributed by atoms with van der Waals surface area (Å²) in [5.74, 6) is 0.121. The number of amides is 1. The van der Waals surface area contributed by atoms with Crippen LogP contribution >= 0.6 is 27.3 Å². The van der Waals surface area contributed by atoms with Crippen LogP contribution in [0.5, 0.6) is 0 Å². The summed E-state index contributed by atoms with van der Waals surface area (Å²) in [6.07, 6.45) is 0.216. The molecule has 2 heterocycles. The Hall–Kier alpha value is -0.390. The number of morpholine rings is 1. The van der Waals surface area contributed by atoms with Gasteiger partial charge in [-0.2, -0.15) is 0 Å². The summed E-state index contributed by atoms with van der Waals surface area (Å²) in [4.78, 5) is 14.8. The number of alkyl halides is 1. The van der Waals surface area contributed by atoms with E-state index in [1.807, 2.05) is 29.3 Å². The van der Waals surface area contributed by atoms with Crippen LogP contribution < -0.4 is 0 Å². The van der Waals surface area contributed by atoms with Crippen LogP contribution in [-0.4, -0.2) is 41.4 Å². The molecular formula is C11H14BrNO2S. The van der Waals surface area contributed by atoms with Crippen molar-refractivity contribution >= 4 is 33.2 Å². The molecule has 2 unspecified atom stereocenters. The second-order valence-electron chi connectivity index (χ2n) is 3.91. The standard InChI is InChI=1S/C11H14BrNO2S/c1-8-6-13(7-9(5-12)15-8)11(14)10-3-2-4-16-10/h2-4,8-9H,5-7H2,1H3. The molecule has 1 saturated heterocycles. The fraction of sp³-hybridized carbons (Fsp3) is 0.545. The van der Waals surface area contributed by atoms with E-state index in [2.05, 4.69) is 15.9 Å². The lowest BCUT2D eigenvalue weighted by Gasteiger charge is -2.35. The summed E-state index contributed by atoms with van der Waals surface area (Å²) in [5, 5.41) is 2.70. The zero-order chi connectivity index (χ0) is 11.5. The lowest BCUT2D eigenvalue weighted by Crippen LogP contribution is -2.49. The Bertz CT molecular complexity index is 355. The molecule has 1 fully saturated rings. The molecular weight excluding hydrogens is 290 g/mol. The zero-order valence-electron chi connectivity index (χ0n) is 9.06. The van der Waals surface area contributed by atoms with E-state index in [1.165, 1.54) is 11.3 Å². The van der Waals surface area contributed by atoms with Crippen molar-refractivity contribution in [3.8, 4) is 0 Å². The van der Waals surface area contributed by atoms with Crippen molar-refractivity contribution in [2.75, 3.05) is 18.4 Å². The molecule has 16 heavy (non-hydrogen) atoms. The maximum absolute atomic E-state index is 12.1. The van der Waals surface area contributed by atoms with Gasteiger partial charge in [-0.15, -0.1) is 11.3 Å². The third-order valence-electron chi connectivity index (χ3n) is 2.52. The normalized spacial score (nSPS) is 25.8. The van der Waals surface area contributed by atoms with Gasteiger partial charge in [-0.25, -0.2) is 0 Å². The van der Waals surface area contributed by atoms with Gasteiger partial charge in [0.2, 0.25) is 0 Å². The van der Waals surface area contributed by atoms with Crippen molar-refractivity contribution in [2.24, 2.45) is 0 Å². The zero-order valence-corrected chi connectivity index (χ0v) is 11.5. The third kappa shape index (κ3) is 2.64. The predicted molar refractivity (Wildman–Crippen MR) is 68.4 cm³/mol. The predicted octanol–water partition coefficient (Wildman–Crippen LogP) is 2.37. The fourth-order valence-electron chi connectivity index (χ4n) is 1.85. The summed E-state index contributed by atoms with van der Waals surface area (Å²) in [6.45, 7) is 3.36. The molecule has 1 aliphatic rings. The summed E-state index contributed by atoms with van der Waals surface area (Å²) < 4.78 is 5.70. The molecule has 0 spiro atoms. The van der Waals surface area contributed by atoms with Crippen molar-refractivity contribution in [3.63, 3.8) is 0 Å². The molecule has 1 aromatic heterocycles. The minimum Gasteiger partial charge on any atom is -0.371 e. The van der Waals surface area contributed by atoms with Crippen LogP contribution in [0.2, 0.25) is 0 Å². The van der Waals surface area contributed by atoms with Crippen LogP contribution in [0.15, 0.2) is 17.5 Å². The van der Waals surface area contributed by atoms with E-state index < -0.39 is 0 Å².